The van der Waals surface area contributed by atoms with Gasteiger partial charge in [-0.25, -0.2) is 4.79 Å². The van der Waals surface area contributed by atoms with Gasteiger partial charge in [0.15, 0.2) is 11.5 Å². The number of amides is 2. The van der Waals surface area contributed by atoms with Crippen molar-refractivity contribution in [3.63, 3.8) is 0 Å². The summed E-state index contributed by atoms with van der Waals surface area (Å²) in [5.74, 6) is 1.28. The Labute approximate surface area is 150 Å². The molecule has 5 nitrogen and oxygen atoms in total. The topological polar surface area (TPSA) is 59.6 Å². The number of carbonyl (C=O) groups excluding carboxylic acids is 1. The fourth-order valence-corrected chi connectivity index (χ4v) is 2.58. The number of carbonyl (C=O) groups is 1. The predicted octanol–water partition coefficient (Wildman–Crippen LogP) is 4.57. The third kappa shape index (κ3) is 5.45. The van der Waals surface area contributed by atoms with Crippen LogP contribution in [0.25, 0.3) is 0 Å². The molecule has 0 aromatic heterocycles. The molecule has 0 heterocycles. The minimum Gasteiger partial charge on any atom is -0.490 e. The van der Waals surface area contributed by atoms with Gasteiger partial charge in [0.1, 0.15) is 0 Å². The molecule has 0 bridgehead atoms. The van der Waals surface area contributed by atoms with Gasteiger partial charge in [0.25, 0.3) is 0 Å². The van der Waals surface area contributed by atoms with Crippen molar-refractivity contribution in [1.82, 2.24) is 5.32 Å². The molecule has 128 valence electrons. The Hall–Kier alpha value is -2.21. The van der Waals surface area contributed by atoms with Crippen molar-refractivity contribution in [3.05, 3.63) is 52.5 Å². The molecule has 6 heteroatoms. The molecule has 2 aromatic rings. The average Bonchev–Trinajstić information content (AvgIpc) is 2.56. The normalized spacial score (nSPS) is 10.1. The third-order valence-corrected chi connectivity index (χ3v) is 3.64. The summed E-state index contributed by atoms with van der Waals surface area (Å²) in [6.07, 6.45) is 0. The Kier molecular flexibility index (Phi) is 6.93. The molecule has 0 aliphatic heterocycles. The van der Waals surface area contributed by atoms with Crippen molar-refractivity contribution in [2.45, 2.75) is 20.4 Å². The summed E-state index contributed by atoms with van der Waals surface area (Å²) in [5, 5.41) is 5.62. The van der Waals surface area contributed by atoms with E-state index in [4.69, 9.17) is 9.47 Å². The Morgan fingerprint density at radius 2 is 1.79 bits per heavy atom. The summed E-state index contributed by atoms with van der Waals surface area (Å²) >= 11 is 3.41. The third-order valence-electron chi connectivity index (χ3n) is 3.14. The van der Waals surface area contributed by atoms with Crippen LogP contribution in [0.4, 0.5) is 10.5 Å². The molecule has 0 aliphatic rings. The number of benzene rings is 2. The summed E-state index contributed by atoms with van der Waals surface area (Å²) in [4.78, 5) is 12.0. The zero-order chi connectivity index (χ0) is 17.4. The van der Waals surface area contributed by atoms with Crippen LogP contribution in [0, 0.1) is 0 Å². The largest absolute Gasteiger partial charge is 0.490 e. The second-order valence-corrected chi connectivity index (χ2v) is 5.88. The maximum atomic E-state index is 12.0. The van der Waals surface area contributed by atoms with E-state index < -0.39 is 0 Å². The maximum absolute atomic E-state index is 12.0. The molecule has 0 saturated carbocycles. The van der Waals surface area contributed by atoms with Crippen LogP contribution < -0.4 is 20.1 Å². The monoisotopic (exact) mass is 392 g/mol. The van der Waals surface area contributed by atoms with Gasteiger partial charge in [-0.3, -0.25) is 0 Å². The highest BCUT2D eigenvalue weighted by Crippen LogP contribution is 2.30. The SMILES string of the molecule is CCOc1ccc(NC(=O)NCc2cccc(Br)c2)cc1OCC. The lowest BCUT2D eigenvalue weighted by Crippen LogP contribution is -2.28. The van der Waals surface area contributed by atoms with Crippen molar-refractivity contribution in [1.29, 1.82) is 0 Å². The van der Waals surface area contributed by atoms with Crippen LogP contribution in [0.1, 0.15) is 19.4 Å². The summed E-state index contributed by atoms with van der Waals surface area (Å²) < 4.78 is 12.0. The number of anilines is 1. The van der Waals surface area contributed by atoms with E-state index in [2.05, 4.69) is 26.6 Å². The van der Waals surface area contributed by atoms with Crippen molar-refractivity contribution in [2.24, 2.45) is 0 Å². The average molecular weight is 393 g/mol. The first-order chi connectivity index (χ1) is 11.6. The molecule has 0 fully saturated rings. The van der Waals surface area contributed by atoms with E-state index in [9.17, 15) is 4.79 Å². The summed E-state index contributed by atoms with van der Waals surface area (Å²) in [7, 11) is 0. The van der Waals surface area contributed by atoms with E-state index in [1.165, 1.54) is 0 Å². The highest BCUT2D eigenvalue weighted by molar-refractivity contribution is 9.10. The highest BCUT2D eigenvalue weighted by atomic mass is 79.9. The fourth-order valence-electron chi connectivity index (χ4n) is 2.13. The first-order valence-corrected chi connectivity index (χ1v) is 8.60. The molecule has 0 aliphatic carbocycles. The molecule has 0 unspecified atom stereocenters. The van der Waals surface area contributed by atoms with E-state index in [0.717, 1.165) is 10.0 Å². The standard InChI is InChI=1S/C18H21BrN2O3/c1-3-23-16-9-8-15(11-17(16)24-4-2)21-18(22)20-12-13-6-5-7-14(19)10-13/h5-11H,3-4,12H2,1-2H3,(H2,20,21,22). The highest BCUT2D eigenvalue weighted by Gasteiger charge is 2.08. The number of hydrogen-bond donors (Lipinski definition) is 2. The van der Waals surface area contributed by atoms with Gasteiger partial charge in [-0.1, -0.05) is 28.1 Å². The molecule has 0 radical (unpaired) electrons. The van der Waals surface area contributed by atoms with Gasteiger partial charge >= 0.3 is 6.03 Å². The summed E-state index contributed by atoms with van der Waals surface area (Å²) in [5.41, 5.74) is 1.66. The Morgan fingerprint density at radius 3 is 2.50 bits per heavy atom. The molecule has 2 amide bonds. The second kappa shape index (κ2) is 9.17. The molecule has 2 N–H and O–H groups in total. The van der Waals surface area contributed by atoms with Crippen LogP contribution in [-0.4, -0.2) is 19.2 Å². The number of urea groups is 1. The van der Waals surface area contributed by atoms with Crippen molar-refractivity contribution in [3.8, 4) is 11.5 Å². The van der Waals surface area contributed by atoms with E-state index in [-0.39, 0.29) is 6.03 Å². The molecular formula is C18H21BrN2O3. The van der Waals surface area contributed by atoms with E-state index in [1.807, 2.05) is 38.1 Å². The van der Waals surface area contributed by atoms with Crippen LogP contribution in [0.15, 0.2) is 46.9 Å². The quantitative estimate of drug-likeness (QED) is 0.725. The molecule has 2 aromatic carbocycles. The predicted molar refractivity (Wildman–Crippen MR) is 98.8 cm³/mol. The molecule has 0 spiro atoms. The summed E-state index contributed by atoms with van der Waals surface area (Å²) in [6, 6.07) is 12.8. The van der Waals surface area contributed by atoms with Crippen molar-refractivity contribution in [2.75, 3.05) is 18.5 Å². The molecule has 24 heavy (non-hydrogen) atoms. The van der Waals surface area contributed by atoms with Crippen LogP contribution in [0.2, 0.25) is 0 Å². The number of nitrogens with one attached hydrogen (secondary N) is 2. The van der Waals surface area contributed by atoms with Gasteiger partial charge in [0, 0.05) is 22.8 Å². The smallest absolute Gasteiger partial charge is 0.319 e. The van der Waals surface area contributed by atoms with Gasteiger partial charge in [0.05, 0.1) is 13.2 Å². The lowest BCUT2D eigenvalue weighted by atomic mass is 10.2. The molecule has 0 saturated heterocycles. The van der Waals surface area contributed by atoms with E-state index in [0.29, 0.717) is 36.9 Å². The van der Waals surface area contributed by atoms with Crippen LogP contribution in [0.3, 0.4) is 0 Å². The lowest BCUT2D eigenvalue weighted by Gasteiger charge is -2.13. The minimum atomic E-state index is -0.276. The van der Waals surface area contributed by atoms with Crippen molar-refractivity contribution < 1.29 is 14.3 Å². The second-order valence-electron chi connectivity index (χ2n) is 4.97. The Balaban J connectivity index is 1.96. The van der Waals surface area contributed by atoms with Gasteiger partial charge in [-0.2, -0.15) is 0 Å². The van der Waals surface area contributed by atoms with Gasteiger partial charge in [-0.05, 0) is 43.7 Å². The van der Waals surface area contributed by atoms with Crippen LogP contribution in [-0.2, 0) is 6.54 Å². The number of rotatable bonds is 7. The molecule has 2 rings (SSSR count). The van der Waals surface area contributed by atoms with Crippen LogP contribution >= 0.6 is 15.9 Å². The minimum absolute atomic E-state index is 0.276. The first-order valence-electron chi connectivity index (χ1n) is 7.81. The fraction of sp³-hybridized carbons (Fsp3) is 0.278. The Bertz CT molecular complexity index is 692. The number of halogens is 1. The summed E-state index contributed by atoms with van der Waals surface area (Å²) in [6.45, 7) is 5.34. The molecule has 0 atom stereocenters. The number of ether oxygens (including phenoxy) is 2. The van der Waals surface area contributed by atoms with Gasteiger partial charge in [-0.15, -0.1) is 0 Å². The lowest BCUT2D eigenvalue weighted by molar-refractivity contribution is 0.251. The zero-order valence-corrected chi connectivity index (χ0v) is 15.4. The first kappa shape index (κ1) is 18.1. The number of hydrogen-bond acceptors (Lipinski definition) is 3. The van der Waals surface area contributed by atoms with Crippen molar-refractivity contribution >= 4 is 27.6 Å². The zero-order valence-electron chi connectivity index (χ0n) is 13.8. The van der Waals surface area contributed by atoms with Crippen LogP contribution in [0.5, 0.6) is 11.5 Å². The Morgan fingerprint density at radius 1 is 1.04 bits per heavy atom. The van der Waals surface area contributed by atoms with Gasteiger partial charge < -0.3 is 20.1 Å². The van der Waals surface area contributed by atoms with Gasteiger partial charge in [0.2, 0.25) is 0 Å². The molecular weight excluding hydrogens is 372 g/mol. The maximum Gasteiger partial charge on any atom is 0.319 e. The van der Waals surface area contributed by atoms with E-state index >= 15 is 0 Å². The van der Waals surface area contributed by atoms with E-state index in [1.54, 1.807) is 18.2 Å².